The zero-order valence-corrected chi connectivity index (χ0v) is 14.0. The Balaban J connectivity index is 1.78. The van der Waals surface area contributed by atoms with Gasteiger partial charge in [0.2, 0.25) is 0 Å². The molecule has 0 radical (unpaired) electrons. The summed E-state index contributed by atoms with van der Waals surface area (Å²) in [5, 5.41) is 6.37. The van der Waals surface area contributed by atoms with E-state index in [0.717, 1.165) is 32.9 Å². The molecule has 2 heterocycles. The van der Waals surface area contributed by atoms with Gasteiger partial charge < -0.3 is 0 Å². The first-order valence-electron chi connectivity index (χ1n) is 8.13. The third-order valence-electron chi connectivity index (χ3n) is 4.59. The Hall–Kier alpha value is -2.97. The molecule has 2 nitrogen and oxygen atoms in total. The average Bonchev–Trinajstić information content (AvgIpc) is 2.67. The van der Waals surface area contributed by atoms with E-state index in [-0.39, 0.29) is 0 Å². The van der Waals surface area contributed by atoms with Crippen molar-refractivity contribution in [3.05, 3.63) is 84.1 Å². The van der Waals surface area contributed by atoms with Crippen LogP contribution in [0.15, 0.2) is 79.0 Å². The fraction of sp³-hybridized carbons (Fsp3) is 0. The van der Waals surface area contributed by atoms with Crippen molar-refractivity contribution in [2.24, 2.45) is 0 Å². The van der Waals surface area contributed by atoms with Crippen LogP contribution >= 0.6 is 11.6 Å². The molecule has 0 fully saturated rings. The second kappa shape index (κ2) is 5.54. The molecular formula is C22H13ClN2. The normalized spacial score (nSPS) is 11.4. The molecule has 2 aromatic heterocycles. The van der Waals surface area contributed by atoms with Gasteiger partial charge in [0, 0.05) is 27.9 Å². The zero-order valence-electron chi connectivity index (χ0n) is 13.3. The quantitative estimate of drug-likeness (QED) is 0.266. The van der Waals surface area contributed by atoms with E-state index in [1.165, 1.54) is 10.8 Å². The SMILES string of the molecule is Clc1cccc(-c2ccc3c(ccc4c5ccccc5cnc34)c2)n1. The van der Waals surface area contributed by atoms with Gasteiger partial charge in [0.05, 0.1) is 11.2 Å². The first kappa shape index (κ1) is 14.4. The van der Waals surface area contributed by atoms with Crippen molar-refractivity contribution in [2.45, 2.75) is 0 Å². The summed E-state index contributed by atoms with van der Waals surface area (Å²) in [5.41, 5.74) is 2.96. The number of benzene rings is 3. The zero-order chi connectivity index (χ0) is 16.8. The average molecular weight is 341 g/mol. The predicted octanol–water partition coefficient (Wildman–Crippen LogP) is 6.26. The van der Waals surface area contributed by atoms with E-state index in [9.17, 15) is 0 Å². The summed E-state index contributed by atoms with van der Waals surface area (Å²) in [6.07, 6.45) is 1.95. The molecule has 5 rings (SSSR count). The Labute approximate surface area is 149 Å². The van der Waals surface area contributed by atoms with E-state index in [1.807, 2.05) is 24.4 Å². The fourth-order valence-electron chi connectivity index (χ4n) is 3.39. The van der Waals surface area contributed by atoms with Gasteiger partial charge in [0.25, 0.3) is 0 Å². The van der Waals surface area contributed by atoms with Crippen LogP contribution in [0.25, 0.3) is 43.7 Å². The Morgan fingerprint density at radius 2 is 1.56 bits per heavy atom. The van der Waals surface area contributed by atoms with Gasteiger partial charge in [0.1, 0.15) is 5.15 Å². The van der Waals surface area contributed by atoms with Crippen LogP contribution in [0.4, 0.5) is 0 Å². The number of fused-ring (bicyclic) bond motifs is 5. The van der Waals surface area contributed by atoms with Crippen molar-refractivity contribution in [2.75, 3.05) is 0 Å². The molecule has 3 aromatic carbocycles. The van der Waals surface area contributed by atoms with Crippen LogP contribution in [0.3, 0.4) is 0 Å². The number of aromatic nitrogens is 2. The van der Waals surface area contributed by atoms with Crippen LogP contribution in [0.1, 0.15) is 0 Å². The highest BCUT2D eigenvalue weighted by molar-refractivity contribution is 6.29. The summed E-state index contributed by atoms with van der Waals surface area (Å²) < 4.78 is 0. The number of hydrogen-bond acceptors (Lipinski definition) is 2. The molecule has 0 aliphatic carbocycles. The maximum Gasteiger partial charge on any atom is 0.129 e. The minimum absolute atomic E-state index is 0.504. The lowest BCUT2D eigenvalue weighted by atomic mass is 9.99. The van der Waals surface area contributed by atoms with E-state index in [4.69, 9.17) is 16.6 Å². The molecule has 0 bridgehead atoms. The highest BCUT2D eigenvalue weighted by atomic mass is 35.5. The van der Waals surface area contributed by atoms with E-state index in [1.54, 1.807) is 6.07 Å². The van der Waals surface area contributed by atoms with Crippen LogP contribution in [0.5, 0.6) is 0 Å². The van der Waals surface area contributed by atoms with Crippen LogP contribution in [-0.4, -0.2) is 9.97 Å². The van der Waals surface area contributed by atoms with Gasteiger partial charge in [0.15, 0.2) is 0 Å². The van der Waals surface area contributed by atoms with Crippen LogP contribution in [0, 0.1) is 0 Å². The summed E-state index contributed by atoms with van der Waals surface area (Å²) in [6.45, 7) is 0. The standard InChI is InChI=1S/C22H13ClN2/c23-21-7-3-6-20(25-21)15-9-10-18-14(12-15)8-11-19-17-5-2-1-4-16(17)13-24-22(18)19/h1-13H. The van der Waals surface area contributed by atoms with Crippen molar-refractivity contribution in [1.82, 2.24) is 9.97 Å². The van der Waals surface area contributed by atoms with Gasteiger partial charge in [-0.1, -0.05) is 66.2 Å². The van der Waals surface area contributed by atoms with Crippen molar-refractivity contribution in [1.29, 1.82) is 0 Å². The number of pyridine rings is 2. The number of nitrogens with zero attached hydrogens (tertiary/aromatic N) is 2. The summed E-state index contributed by atoms with van der Waals surface area (Å²) >= 11 is 6.03. The second-order valence-electron chi connectivity index (χ2n) is 6.09. The topological polar surface area (TPSA) is 25.8 Å². The molecular weight excluding hydrogens is 328 g/mol. The third-order valence-corrected chi connectivity index (χ3v) is 4.80. The van der Waals surface area contributed by atoms with Crippen molar-refractivity contribution in [3.63, 3.8) is 0 Å². The minimum atomic E-state index is 0.504. The highest BCUT2D eigenvalue weighted by Crippen LogP contribution is 2.31. The largest absolute Gasteiger partial charge is 0.255 e. The molecule has 0 atom stereocenters. The molecule has 0 amide bonds. The van der Waals surface area contributed by atoms with Crippen molar-refractivity contribution < 1.29 is 0 Å². The smallest absolute Gasteiger partial charge is 0.129 e. The molecule has 0 spiro atoms. The molecule has 0 saturated heterocycles. The molecule has 5 aromatic rings. The lowest BCUT2D eigenvalue weighted by Gasteiger charge is -2.08. The Kier molecular flexibility index (Phi) is 3.19. The van der Waals surface area contributed by atoms with Crippen LogP contribution in [0.2, 0.25) is 5.15 Å². The van der Waals surface area contributed by atoms with Gasteiger partial charge >= 0.3 is 0 Å². The molecule has 3 heteroatoms. The van der Waals surface area contributed by atoms with E-state index in [0.29, 0.717) is 5.15 Å². The molecule has 0 saturated carbocycles. The second-order valence-corrected chi connectivity index (χ2v) is 6.48. The van der Waals surface area contributed by atoms with E-state index < -0.39 is 0 Å². The maximum atomic E-state index is 6.03. The summed E-state index contributed by atoms with van der Waals surface area (Å²) in [5.74, 6) is 0. The number of rotatable bonds is 1. The van der Waals surface area contributed by atoms with Gasteiger partial charge in [-0.15, -0.1) is 0 Å². The number of halogens is 1. The minimum Gasteiger partial charge on any atom is -0.255 e. The van der Waals surface area contributed by atoms with Crippen LogP contribution < -0.4 is 0 Å². The van der Waals surface area contributed by atoms with Crippen LogP contribution in [-0.2, 0) is 0 Å². The predicted molar refractivity (Wildman–Crippen MR) is 105 cm³/mol. The van der Waals surface area contributed by atoms with E-state index in [2.05, 4.69) is 53.5 Å². The van der Waals surface area contributed by atoms with Gasteiger partial charge in [-0.2, -0.15) is 0 Å². The monoisotopic (exact) mass is 340 g/mol. The van der Waals surface area contributed by atoms with Gasteiger partial charge in [-0.05, 0) is 29.0 Å². The summed E-state index contributed by atoms with van der Waals surface area (Å²) in [4.78, 5) is 9.12. The Morgan fingerprint density at radius 1 is 0.680 bits per heavy atom. The van der Waals surface area contributed by atoms with Gasteiger partial charge in [-0.3, -0.25) is 4.98 Å². The third kappa shape index (κ3) is 2.34. The molecule has 118 valence electrons. The molecule has 0 N–H and O–H groups in total. The maximum absolute atomic E-state index is 6.03. The van der Waals surface area contributed by atoms with Crippen molar-refractivity contribution >= 4 is 44.0 Å². The lowest BCUT2D eigenvalue weighted by Crippen LogP contribution is -1.87. The lowest BCUT2D eigenvalue weighted by molar-refractivity contribution is 1.33. The first-order chi connectivity index (χ1) is 12.3. The van der Waals surface area contributed by atoms with Crippen molar-refractivity contribution in [3.8, 4) is 11.3 Å². The van der Waals surface area contributed by atoms with E-state index >= 15 is 0 Å². The molecule has 0 aliphatic rings. The Bertz CT molecular complexity index is 1260. The molecule has 0 unspecified atom stereocenters. The van der Waals surface area contributed by atoms with Gasteiger partial charge in [-0.25, -0.2) is 4.98 Å². The molecule has 25 heavy (non-hydrogen) atoms. The fourth-order valence-corrected chi connectivity index (χ4v) is 3.55. The Morgan fingerprint density at radius 3 is 2.48 bits per heavy atom. The summed E-state index contributed by atoms with van der Waals surface area (Å²) in [7, 11) is 0. The first-order valence-corrected chi connectivity index (χ1v) is 8.50. The summed E-state index contributed by atoms with van der Waals surface area (Å²) in [6, 6.07) is 24.7. The number of hydrogen-bond donors (Lipinski definition) is 0. The highest BCUT2D eigenvalue weighted by Gasteiger charge is 2.08. The molecule has 0 aliphatic heterocycles.